The van der Waals surface area contributed by atoms with E-state index in [9.17, 15) is 4.79 Å². The van der Waals surface area contributed by atoms with E-state index in [1.165, 1.54) is 4.88 Å². The second kappa shape index (κ2) is 4.77. The Morgan fingerprint density at radius 1 is 1.53 bits per heavy atom. The van der Waals surface area contributed by atoms with Gasteiger partial charge in [-0.25, -0.2) is 0 Å². The van der Waals surface area contributed by atoms with Crippen LogP contribution < -0.4 is 5.32 Å². The Kier molecular flexibility index (Phi) is 3.88. The van der Waals surface area contributed by atoms with Gasteiger partial charge in [-0.15, -0.1) is 11.3 Å². The lowest BCUT2D eigenvalue weighted by molar-refractivity contribution is -0.122. The highest BCUT2D eigenvalue weighted by atomic mass is 32.1. The summed E-state index contributed by atoms with van der Waals surface area (Å²) in [5, 5.41) is 11.8. The van der Waals surface area contributed by atoms with Crippen molar-refractivity contribution in [2.24, 2.45) is 0 Å². The molecule has 0 radical (unpaired) electrons. The van der Waals surface area contributed by atoms with Gasteiger partial charge in [0.2, 0.25) is 5.91 Å². The zero-order valence-electron chi connectivity index (χ0n) is 9.33. The molecule has 4 heteroatoms. The number of carbonyl (C=O) groups excluding carboxylic acids is 1. The molecule has 0 aliphatic rings. The first-order valence-corrected chi connectivity index (χ1v) is 5.72. The molecule has 15 heavy (non-hydrogen) atoms. The summed E-state index contributed by atoms with van der Waals surface area (Å²) in [6, 6.07) is 3.97. The number of amides is 1. The van der Waals surface area contributed by atoms with Crippen molar-refractivity contribution in [2.75, 3.05) is 6.61 Å². The summed E-state index contributed by atoms with van der Waals surface area (Å²) in [7, 11) is 0. The first kappa shape index (κ1) is 12.2. The van der Waals surface area contributed by atoms with E-state index >= 15 is 0 Å². The highest BCUT2D eigenvalue weighted by Crippen LogP contribution is 2.15. The smallest absolute Gasteiger partial charge is 0.225 e. The highest BCUT2D eigenvalue weighted by Gasteiger charge is 2.19. The first-order valence-electron chi connectivity index (χ1n) is 4.90. The fraction of sp³-hybridized carbons (Fsp3) is 0.545. The molecule has 1 aromatic rings. The number of aliphatic hydroxyl groups is 1. The van der Waals surface area contributed by atoms with E-state index < -0.39 is 5.54 Å². The summed E-state index contributed by atoms with van der Waals surface area (Å²) in [6.07, 6.45) is 0.391. The van der Waals surface area contributed by atoms with Crippen molar-refractivity contribution in [3.8, 4) is 0 Å². The Labute approximate surface area is 94.1 Å². The summed E-state index contributed by atoms with van der Waals surface area (Å²) in [6.45, 7) is 5.56. The lowest BCUT2D eigenvalue weighted by Crippen LogP contribution is -2.46. The van der Waals surface area contributed by atoms with Gasteiger partial charge in [0.25, 0.3) is 0 Å². The van der Waals surface area contributed by atoms with Gasteiger partial charge in [-0.1, -0.05) is 0 Å². The third-order valence-corrected chi connectivity index (χ3v) is 3.00. The van der Waals surface area contributed by atoms with E-state index in [2.05, 4.69) is 5.32 Å². The number of thiophene rings is 1. The zero-order chi connectivity index (χ0) is 11.5. The highest BCUT2D eigenvalue weighted by molar-refractivity contribution is 7.12. The summed E-state index contributed by atoms with van der Waals surface area (Å²) in [5.41, 5.74) is -0.538. The van der Waals surface area contributed by atoms with E-state index in [4.69, 9.17) is 5.11 Å². The van der Waals surface area contributed by atoms with Crippen molar-refractivity contribution >= 4 is 17.2 Å². The number of carbonyl (C=O) groups is 1. The summed E-state index contributed by atoms with van der Waals surface area (Å²) in [5.74, 6) is -0.0455. The van der Waals surface area contributed by atoms with Gasteiger partial charge < -0.3 is 10.4 Å². The van der Waals surface area contributed by atoms with Crippen molar-refractivity contribution < 1.29 is 9.90 Å². The van der Waals surface area contributed by atoms with Gasteiger partial charge in [-0.2, -0.15) is 0 Å². The molecule has 0 saturated heterocycles. The van der Waals surface area contributed by atoms with Crippen LogP contribution in [0, 0.1) is 6.92 Å². The predicted molar refractivity (Wildman–Crippen MR) is 62.1 cm³/mol. The quantitative estimate of drug-likeness (QED) is 0.818. The van der Waals surface area contributed by atoms with Gasteiger partial charge in [0.1, 0.15) is 0 Å². The van der Waals surface area contributed by atoms with Crippen LogP contribution in [0.25, 0.3) is 0 Å². The van der Waals surface area contributed by atoms with Crippen molar-refractivity contribution in [3.05, 3.63) is 21.9 Å². The van der Waals surface area contributed by atoms with E-state index in [0.717, 1.165) is 4.88 Å². The van der Waals surface area contributed by atoms with Crippen LogP contribution in [-0.2, 0) is 11.2 Å². The predicted octanol–water partition coefficient (Wildman–Crippen LogP) is 1.49. The lowest BCUT2D eigenvalue weighted by Gasteiger charge is -2.23. The second-order valence-electron chi connectivity index (χ2n) is 4.28. The fourth-order valence-electron chi connectivity index (χ4n) is 1.20. The third kappa shape index (κ3) is 4.01. The third-order valence-electron chi connectivity index (χ3n) is 2.00. The monoisotopic (exact) mass is 227 g/mol. The Bertz CT molecular complexity index is 344. The van der Waals surface area contributed by atoms with Crippen LogP contribution in [0.5, 0.6) is 0 Å². The van der Waals surface area contributed by atoms with Crippen molar-refractivity contribution in [1.82, 2.24) is 5.32 Å². The minimum atomic E-state index is -0.538. The fourth-order valence-corrected chi connectivity index (χ4v) is 2.09. The topological polar surface area (TPSA) is 49.3 Å². The number of nitrogens with one attached hydrogen (secondary N) is 1. The molecule has 1 amide bonds. The Morgan fingerprint density at radius 3 is 2.67 bits per heavy atom. The molecule has 0 fully saturated rings. The number of aliphatic hydroxyl groups excluding tert-OH is 1. The molecule has 84 valence electrons. The molecule has 0 aromatic carbocycles. The van der Waals surface area contributed by atoms with Crippen LogP contribution in [0.1, 0.15) is 23.6 Å². The molecule has 0 aliphatic heterocycles. The number of hydrogen-bond acceptors (Lipinski definition) is 3. The van der Waals surface area contributed by atoms with E-state index in [1.54, 1.807) is 25.2 Å². The summed E-state index contributed by atoms with van der Waals surface area (Å²) < 4.78 is 0. The van der Waals surface area contributed by atoms with E-state index in [1.807, 2.05) is 19.1 Å². The largest absolute Gasteiger partial charge is 0.394 e. The molecule has 1 rings (SSSR count). The van der Waals surface area contributed by atoms with Crippen molar-refractivity contribution in [2.45, 2.75) is 32.7 Å². The summed E-state index contributed by atoms with van der Waals surface area (Å²) >= 11 is 1.63. The average Bonchev–Trinajstić information content (AvgIpc) is 2.50. The molecule has 1 aromatic heterocycles. The first-order chi connectivity index (χ1) is 6.93. The van der Waals surface area contributed by atoms with Gasteiger partial charge in [0.15, 0.2) is 0 Å². The standard InChI is InChI=1S/C11H17NO2S/c1-8-4-5-9(15-8)6-10(14)12-11(2,3)7-13/h4-5,13H,6-7H2,1-3H3,(H,12,14). The number of rotatable bonds is 4. The number of hydrogen-bond donors (Lipinski definition) is 2. The Balaban J connectivity index is 2.50. The van der Waals surface area contributed by atoms with Gasteiger partial charge in [-0.05, 0) is 32.9 Å². The molecule has 0 aliphatic carbocycles. The van der Waals surface area contributed by atoms with Crippen LogP contribution in [-0.4, -0.2) is 23.2 Å². The van der Waals surface area contributed by atoms with Gasteiger partial charge >= 0.3 is 0 Å². The summed E-state index contributed by atoms with van der Waals surface area (Å²) in [4.78, 5) is 13.8. The maximum Gasteiger partial charge on any atom is 0.225 e. The SMILES string of the molecule is Cc1ccc(CC(=O)NC(C)(C)CO)s1. The molecule has 0 bridgehead atoms. The van der Waals surface area contributed by atoms with Crippen molar-refractivity contribution in [1.29, 1.82) is 0 Å². The van der Waals surface area contributed by atoms with Crippen molar-refractivity contribution in [3.63, 3.8) is 0 Å². The molecule has 0 unspecified atom stereocenters. The molecular weight excluding hydrogens is 210 g/mol. The van der Waals surface area contributed by atoms with Gasteiger partial charge in [0, 0.05) is 9.75 Å². The molecule has 0 atom stereocenters. The lowest BCUT2D eigenvalue weighted by atomic mass is 10.1. The maximum absolute atomic E-state index is 11.6. The molecular formula is C11H17NO2S. The average molecular weight is 227 g/mol. The minimum absolute atomic E-state index is 0.0455. The number of aryl methyl sites for hydroxylation is 1. The van der Waals surface area contributed by atoms with Gasteiger partial charge in [0.05, 0.1) is 18.6 Å². The second-order valence-corrected chi connectivity index (χ2v) is 5.65. The van der Waals surface area contributed by atoms with Crippen LogP contribution in [0.3, 0.4) is 0 Å². The maximum atomic E-state index is 11.6. The molecule has 3 nitrogen and oxygen atoms in total. The van der Waals surface area contributed by atoms with Crippen LogP contribution >= 0.6 is 11.3 Å². The van der Waals surface area contributed by atoms with Crippen LogP contribution in [0.2, 0.25) is 0 Å². The van der Waals surface area contributed by atoms with Crippen LogP contribution in [0.15, 0.2) is 12.1 Å². The Morgan fingerprint density at radius 2 is 2.20 bits per heavy atom. The van der Waals surface area contributed by atoms with Gasteiger partial charge in [-0.3, -0.25) is 4.79 Å². The normalized spacial score (nSPS) is 11.5. The molecule has 0 saturated carbocycles. The van der Waals surface area contributed by atoms with E-state index in [0.29, 0.717) is 6.42 Å². The van der Waals surface area contributed by atoms with E-state index in [-0.39, 0.29) is 12.5 Å². The molecule has 0 spiro atoms. The zero-order valence-corrected chi connectivity index (χ0v) is 10.1. The Hall–Kier alpha value is -0.870. The molecule has 1 heterocycles. The minimum Gasteiger partial charge on any atom is -0.394 e. The molecule has 2 N–H and O–H groups in total. The van der Waals surface area contributed by atoms with Crippen LogP contribution in [0.4, 0.5) is 0 Å².